The minimum atomic E-state index is -0.666. The van der Waals surface area contributed by atoms with Crippen LogP contribution < -0.4 is 0 Å². The molecule has 1 aliphatic heterocycles. The summed E-state index contributed by atoms with van der Waals surface area (Å²) in [5.74, 6) is 0. The van der Waals surface area contributed by atoms with Crippen molar-refractivity contribution in [2.24, 2.45) is 0 Å². The van der Waals surface area contributed by atoms with E-state index < -0.39 is 12.2 Å². The van der Waals surface area contributed by atoms with Gasteiger partial charge in [0.15, 0.2) is 5.65 Å². The van der Waals surface area contributed by atoms with E-state index in [-0.39, 0.29) is 12.8 Å². The fraction of sp³-hybridized carbons (Fsp3) is 0.545. The summed E-state index contributed by atoms with van der Waals surface area (Å²) >= 11 is 0. The van der Waals surface area contributed by atoms with Gasteiger partial charge in [0.25, 0.3) is 0 Å². The summed E-state index contributed by atoms with van der Waals surface area (Å²) < 4.78 is 7.34. The van der Waals surface area contributed by atoms with Gasteiger partial charge in [-0.3, -0.25) is 4.57 Å². The van der Waals surface area contributed by atoms with Crippen LogP contribution in [0.4, 0.5) is 0 Å². The molecule has 3 rings (SSSR count). The number of aromatic nitrogens is 4. The van der Waals surface area contributed by atoms with Gasteiger partial charge in [-0.1, -0.05) is 0 Å². The van der Waals surface area contributed by atoms with Crippen molar-refractivity contribution >= 4 is 11.2 Å². The van der Waals surface area contributed by atoms with Crippen molar-refractivity contribution in [2.75, 3.05) is 6.61 Å². The Labute approximate surface area is 103 Å². The Morgan fingerprint density at radius 3 is 3.00 bits per heavy atom. The van der Waals surface area contributed by atoms with Crippen LogP contribution in [-0.2, 0) is 4.74 Å². The summed E-state index contributed by atoms with van der Waals surface area (Å²) in [5.41, 5.74) is 2.21. The molecule has 0 aromatic carbocycles. The first-order valence-electron chi connectivity index (χ1n) is 5.79. The number of imidazole rings is 1. The fourth-order valence-corrected chi connectivity index (χ4v) is 2.23. The topological polar surface area (TPSA) is 93.3 Å². The number of aryl methyl sites for hydroxylation is 1. The van der Waals surface area contributed by atoms with Crippen molar-refractivity contribution in [3.05, 3.63) is 18.3 Å². The van der Waals surface area contributed by atoms with Crippen LogP contribution in [-0.4, -0.2) is 48.5 Å². The first kappa shape index (κ1) is 11.5. The van der Waals surface area contributed by atoms with Gasteiger partial charge in [-0.25, -0.2) is 15.0 Å². The molecule has 0 bridgehead atoms. The zero-order valence-electron chi connectivity index (χ0n) is 9.89. The maximum Gasteiger partial charge on any atom is 0.165 e. The summed E-state index contributed by atoms with van der Waals surface area (Å²) in [6.07, 6.45) is 1.96. The van der Waals surface area contributed by atoms with Crippen LogP contribution in [0.15, 0.2) is 12.7 Å². The van der Waals surface area contributed by atoms with Gasteiger partial charge in [-0.15, -0.1) is 0 Å². The number of fused-ring (bicyclic) bond motifs is 1. The van der Waals surface area contributed by atoms with Crippen molar-refractivity contribution in [3.63, 3.8) is 0 Å². The molecule has 1 fully saturated rings. The Morgan fingerprint density at radius 1 is 1.44 bits per heavy atom. The molecular formula is C11H14N4O3. The van der Waals surface area contributed by atoms with E-state index in [9.17, 15) is 5.11 Å². The average molecular weight is 250 g/mol. The Bertz CT molecular complexity index is 570. The molecule has 2 aromatic rings. The lowest BCUT2D eigenvalue weighted by Crippen LogP contribution is -2.24. The standard InChI is InChI=1S/C11H14N4O3/c1-6-10-11(13-4-12-6)15(5-14-10)9-2-7(17)8(3-16)18-9/h4-5,7-9,16-17H,2-3H2,1H3/t7-,8-,9-/m0/s1. The molecule has 96 valence electrons. The fourth-order valence-electron chi connectivity index (χ4n) is 2.23. The second-order valence-corrected chi connectivity index (χ2v) is 4.40. The lowest BCUT2D eigenvalue weighted by molar-refractivity contribution is -0.0432. The van der Waals surface area contributed by atoms with Crippen LogP contribution in [0.1, 0.15) is 18.3 Å². The van der Waals surface area contributed by atoms with Gasteiger partial charge in [0, 0.05) is 6.42 Å². The highest BCUT2D eigenvalue weighted by atomic mass is 16.5. The maximum absolute atomic E-state index is 9.73. The number of ether oxygens (including phenoxy) is 1. The van der Waals surface area contributed by atoms with Gasteiger partial charge in [-0.05, 0) is 6.92 Å². The molecule has 7 nitrogen and oxygen atoms in total. The number of aliphatic hydroxyl groups excluding tert-OH is 2. The predicted molar refractivity (Wildman–Crippen MR) is 61.7 cm³/mol. The third kappa shape index (κ3) is 1.67. The van der Waals surface area contributed by atoms with Crippen LogP contribution in [0, 0.1) is 6.92 Å². The Kier molecular flexibility index (Phi) is 2.73. The number of aliphatic hydroxyl groups is 2. The molecule has 2 N–H and O–H groups in total. The normalized spacial score (nSPS) is 28.1. The molecule has 0 amide bonds. The summed E-state index contributed by atoms with van der Waals surface area (Å²) in [7, 11) is 0. The minimum absolute atomic E-state index is 0.196. The van der Waals surface area contributed by atoms with Crippen LogP contribution in [0.5, 0.6) is 0 Å². The van der Waals surface area contributed by atoms with Gasteiger partial charge in [0.2, 0.25) is 0 Å². The molecule has 1 saturated heterocycles. The first-order valence-corrected chi connectivity index (χ1v) is 5.79. The van der Waals surface area contributed by atoms with E-state index in [1.54, 1.807) is 10.9 Å². The lowest BCUT2D eigenvalue weighted by Gasteiger charge is -2.13. The Hall–Kier alpha value is -1.57. The summed E-state index contributed by atoms with van der Waals surface area (Å²) in [4.78, 5) is 12.5. The molecule has 2 aromatic heterocycles. The zero-order valence-corrected chi connectivity index (χ0v) is 9.89. The first-order chi connectivity index (χ1) is 8.70. The van der Waals surface area contributed by atoms with Gasteiger partial charge >= 0.3 is 0 Å². The molecule has 0 saturated carbocycles. The SMILES string of the molecule is Cc1ncnc2c1ncn2[C@@H]1C[C@H](O)[C@H](CO)O1. The van der Waals surface area contributed by atoms with E-state index in [0.717, 1.165) is 11.2 Å². The highest BCUT2D eigenvalue weighted by Gasteiger charge is 2.35. The maximum atomic E-state index is 9.73. The highest BCUT2D eigenvalue weighted by molar-refractivity contribution is 5.72. The van der Waals surface area contributed by atoms with Crippen molar-refractivity contribution in [1.29, 1.82) is 0 Å². The molecule has 0 radical (unpaired) electrons. The van der Waals surface area contributed by atoms with E-state index in [4.69, 9.17) is 9.84 Å². The number of rotatable bonds is 2. The monoisotopic (exact) mass is 250 g/mol. The van der Waals surface area contributed by atoms with Crippen LogP contribution in [0.3, 0.4) is 0 Å². The van der Waals surface area contributed by atoms with E-state index in [2.05, 4.69) is 15.0 Å². The summed E-state index contributed by atoms with van der Waals surface area (Å²) in [6.45, 7) is 1.67. The molecule has 3 atom stereocenters. The zero-order chi connectivity index (χ0) is 12.7. The van der Waals surface area contributed by atoms with Crippen molar-refractivity contribution in [1.82, 2.24) is 19.5 Å². The van der Waals surface area contributed by atoms with Gasteiger partial charge in [0.05, 0.1) is 24.7 Å². The molecule has 0 spiro atoms. The number of hydrogen-bond acceptors (Lipinski definition) is 6. The summed E-state index contributed by atoms with van der Waals surface area (Å²) in [6, 6.07) is 0. The molecule has 0 unspecified atom stereocenters. The third-order valence-electron chi connectivity index (χ3n) is 3.24. The largest absolute Gasteiger partial charge is 0.394 e. The third-order valence-corrected chi connectivity index (χ3v) is 3.24. The highest BCUT2D eigenvalue weighted by Crippen LogP contribution is 2.30. The molecule has 1 aliphatic rings. The van der Waals surface area contributed by atoms with Gasteiger partial charge in [0.1, 0.15) is 24.2 Å². The van der Waals surface area contributed by atoms with E-state index >= 15 is 0 Å². The molecule has 18 heavy (non-hydrogen) atoms. The Morgan fingerprint density at radius 2 is 2.28 bits per heavy atom. The molecule has 3 heterocycles. The molecule has 7 heteroatoms. The van der Waals surface area contributed by atoms with Crippen molar-refractivity contribution in [2.45, 2.75) is 31.8 Å². The lowest BCUT2D eigenvalue weighted by atomic mass is 10.2. The number of hydrogen-bond donors (Lipinski definition) is 2. The quantitative estimate of drug-likeness (QED) is 0.765. The van der Waals surface area contributed by atoms with E-state index in [0.29, 0.717) is 12.1 Å². The van der Waals surface area contributed by atoms with Gasteiger partial charge in [-0.2, -0.15) is 0 Å². The van der Waals surface area contributed by atoms with Crippen LogP contribution in [0.25, 0.3) is 11.2 Å². The second-order valence-electron chi connectivity index (χ2n) is 4.40. The van der Waals surface area contributed by atoms with Gasteiger partial charge < -0.3 is 14.9 Å². The van der Waals surface area contributed by atoms with E-state index in [1.165, 1.54) is 6.33 Å². The molecular weight excluding hydrogens is 236 g/mol. The predicted octanol–water partition coefficient (Wildman–Crippen LogP) is -0.225. The van der Waals surface area contributed by atoms with Crippen molar-refractivity contribution < 1.29 is 14.9 Å². The smallest absolute Gasteiger partial charge is 0.165 e. The summed E-state index contributed by atoms with van der Waals surface area (Å²) in [5, 5.41) is 18.8. The van der Waals surface area contributed by atoms with E-state index in [1.807, 2.05) is 6.92 Å². The number of nitrogens with zero attached hydrogens (tertiary/aromatic N) is 4. The minimum Gasteiger partial charge on any atom is -0.394 e. The molecule has 0 aliphatic carbocycles. The second kappa shape index (κ2) is 4.27. The van der Waals surface area contributed by atoms with Crippen LogP contribution in [0.2, 0.25) is 0 Å². The average Bonchev–Trinajstić information content (AvgIpc) is 2.93. The Balaban J connectivity index is 1.99. The van der Waals surface area contributed by atoms with Crippen molar-refractivity contribution in [3.8, 4) is 0 Å². The van der Waals surface area contributed by atoms with Crippen LogP contribution >= 0.6 is 0 Å².